The molecule has 1 N–H and O–H groups in total. The van der Waals surface area contributed by atoms with Gasteiger partial charge in [0.15, 0.2) is 6.61 Å². The van der Waals surface area contributed by atoms with Crippen molar-refractivity contribution in [3.8, 4) is 5.75 Å². The first-order valence-electron chi connectivity index (χ1n) is 11.7. The number of amides is 2. The average Bonchev–Trinajstić information content (AvgIpc) is 2.88. The summed E-state index contributed by atoms with van der Waals surface area (Å²) in [4.78, 5) is 28.4. The second-order valence-electron chi connectivity index (χ2n) is 8.22. The van der Waals surface area contributed by atoms with Gasteiger partial charge in [0.25, 0.3) is 5.91 Å². The summed E-state index contributed by atoms with van der Waals surface area (Å²) in [7, 11) is 0. The number of unbranched alkanes of at least 4 members (excludes halogenated alkanes) is 1. The Morgan fingerprint density at radius 3 is 2.26 bits per heavy atom. The minimum atomic E-state index is -0.726. The van der Waals surface area contributed by atoms with Crippen LogP contribution in [0.3, 0.4) is 0 Å². The fraction of sp³-hybridized carbons (Fsp3) is 0.286. The van der Waals surface area contributed by atoms with Crippen molar-refractivity contribution in [1.29, 1.82) is 0 Å². The molecular formula is C28H30Cl2N2O3. The van der Waals surface area contributed by atoms with Crippen LogP contribution in [-0.4, -0.2) is 35.9 Å². The van der Waals surface area contributed by atoms with Gasteiger partial charge in [0.2, 0.25) is 5.91 Å². The zero-order valence-electron chi connectivity index (χ0n) is 19.8. The molecule has 2 amide bonds. The molecule has 1 unspecified atom stereocenters. The standard InChI is InChI=1S/C28H30Cl2N2O3/c1-2-3-16-31-28(34)26(18-21-10-6-4-7-11-21)32(19-22-14-15-24(29)25(30)17-22)27(33)20-35-23-12-8-5-9-13-23/h4-15,17,26H,2-3,16,18-20H2,1H3,(H,31,34). The maximum Gasteiger partial charge on any atom is 0.261 e. The number of ether oxygens (including phenoxy) is 1. The largest absolute Gasteiger partial charge is 0.484 e. The van der Waals surface area contributed by atoms with Gasteiger partial charge >= 0.3 is 0 Å². The van der Waals surface area contributed by atoms with Crippen molar-refractivity contribution in [2.75, 3.05) is 13.2 Å². The molecule has 1 atom stereocenters. The maximum atomic E-state index is 13.5. The Labute approximate surface area is 217 Å². The van der Waals surface area contributed by atoms with Gasteiger partial charge in [-0.3, -0.25) is 9.59 Å². The second kappa shape index (κ2) is 13.8. The Bertz CT molecular complexity index is 1090. The number of halogens is 2. The van der Waals surface area contributed by atoms with Crippen molar-refractivity contribution >= 4 is 35.0 Å². The van der Waals surface area contributed by atoms with E-state index in [0.717, 1.165) is 24.0 Å². The summed E-state index contributed by atoms with van der Waals surface area (Å²) >= 11 is 12.3. The molecule has 35 heavy (non-hydrogen) atoms. The third kappa shape index (κ3) is 8.30. The summed E-state index contributed by atoms with van der Waals surface area (Å²) in [6.07, 6.45) is 2.19. The van der Waals surface area contributed by atoms with Gasteiger partial charge in [-0.2, -0.15) is 0 Å². The fourth-order valence-electron chi connectivity index (χ4n) is 3.64. The van der Waals surface area contributed by atoms with Gasteiger partial charge in [-0.05, 0) is 41.8 Å². The minimum Gasteiger partial charge on any atom is -0.484 e. The molecule has 0 radical (unpaired) electrons. The van der Waals surface area contributed by atoms with Crippen LogP contribution in [0, 0.1) is 0 Å². The molecule has 3 aromatic rings. The number of nitrogens with one attached hydrogen (secondary N) is 1. The van der Waals surface area contributed by atoms with Gasteiger partial charge in [-0.1, -0.05) is 91.1 Å². The summed E-state index contributed by atoms with van der Waals surface area (Å²) in [6, 6.07) is 23.3. The highest BCUT2D eigenvalue weighted by Gasteiger charge is 2.30. The van der Waals surface area contributed by atoms with E-state index in [1.807, 2.05) is 48.5 Å². The molecule has 0 aliphatic carbocycles. The topological polar surface area (TPSA) is 58.6 Å². The van der Waals surface area contributed by atoms with Crippen LogP contribution in [0.4, 0.5) is 0 Å². The monoisotopic (exact) mass is 512 g/mol. The zero-order chi connectivity index (χ0) is 25.0. The molecule has 5 nitrogen and oxygen atoms in total. The molecule has 3 aromatic carbocycles. The van der Waals surface area contributed by atoms with Crippen molar-refractivity contribution < 1.29 is 14.3 Å². The Morgan fingerprint density at radius 1 is 0.914 bits per heavy atom. The summed E-state index contributed by atoms with van der Waals surface area (Å²) in [5.74, 6) is 0.0873. The Kier molecular flexibility index (Phi) is 10.5. The summed E-state index contributed by atoms with van der Waals surface area (Å²) in [6.45, 7) is 2.61. The third-order valence-corrected chi connectivity index (χ3v) is 6.28. The molecule has 0 heterocycles. The number of rotatable bonds is 12. The maximum absolute atomic E-state index is 13.5. The molecule has 0 bridgehead atoms. The highest BCUT2D eigenvalue weighted by Crippen LogP contribution is 2.24. The van der Waals surface area contributed by atoms with Gasteiger partial charge in [-0.25, -0.2) is 0 Å². The van der Waals surface area contributed by atoms with Crippen molar-refractivity contribution in [1.82, 2.24) is 10.2 Å². The van der Waals surface area contributed by atoms with Crippen LogP contribution in [0.5, 0.6) is 5.75 Å². The normalized spacial score (nSPS) is 11.5. The van der Waals surface area contributed by atoms with Crippen molar-refractivity contribution in [3.63, 3.8) is 0 Å². The minimum absolute atomic E-state index is 0.187. The predicted molar refractivity (Wildman–Crippen MR) is 141 cm³/mol. The van der Waals surface area contributed by atoms with E-state index in [-0.39, 0.29) is 25.0 Å². The van der Waals surface area contributed by atoms with E-state index in [0.29, 0.717) is 28.8 Å². The molecule has 0 aliphatic rings. The third-order valence-electron chi connectivity index (χ3n) is 5.54. The number of carbonyl (C=O) groups is 2. The van der Waals surface area contributed by atoms with Gasteiger partial charge < -0.3 is 15.0 Å². The highest BCUT2D eigenvalue weighted by atomic mass is 35.5. The second-order valence-corrected chi connectivity index (χ2v) is 9.04. The fourth-order valence-corrected chi connectivity index (χ4v) is 3.96. The van der Waals surface area contributed by atoms with Crippen LogP contribution < -0.4 is 10.1 Å². The van der Waals surface area contributed by atoms with Crippen LogP contribution in [0.15, 0.2) is 78.9 Å². The molecule has 0 saturated carbocycles. The zero-order valence-corrected chi connectivity index (χ0v) is 21.3. The van der Waals surface area contributed by atoms with Gasteiger partial charge in [0, 0.05) is 19.5 Å². The number of benzene rings is 3. The first-order chi connectivity index (χ1) is 17.0. The van der Waals surface area contributed by atoms with E-state index >= 15 is 0 Å². The van der Waals surface area contributed by atoms with Gasteiger partial charge in [-0.15, -0.1) is 0 Å². The van der Waals surface area contributed by atoms with Crippen LogP contribution in [0.2, 0.25) is 10.0 Å². The van der Waals surface area contributed by atoms with Crippen molar-refractivity contribution in [2.45, 2.75) is 38.8 Å². The summed E-state index contributed by atoms with van der Waals surface area (Å²) in [5, 5.41) is 3.82. The number of hydrogen-bond donors (Lipinski definition) is 1. The van der Waals surface area contributed by atoms with E-state index < -0.39 is 6.04 Å². The van der Waals surface area contributed by atoms with Crippen molar-refractivity contribution in [3.05, 3.63) is 100 Å². The SMILES string of the molecule is CCCCNC(=O)C(Cc1ccccc1)N(Cc1ccc(Cl)c(Cl)c1)C(=O)COc1ccccc1. The molecule has 0 aromatic heterocycles. The number of hydrogen-bond acceptors (Lipinski definition) is 3. The quantitative estimate of drug-likeness (QED) is 0.306. The van der Waals surface area contributed by atoms with Crippen LogP contribution in [0.1, 0.15) is 30.9 Å². The molecule has 7 heteroatoms. The van der Waals surface area contributed by atoms with E-state index in [9.17, 15) is 9.59 Å². The van der Waals surface area contributed by atoms with Crippen LogP contribution in [-0.2, 0) is 22.6 Å². The Hall–Kier alpha value is -3.02. The Balaban J connectivity index is 1.90. The van der Waals surface area contributed by atoms with E-state index in [1.165, 1.54) is 0 Å². The number of nitrogens with zero attached hydrogens (tertiary/aromatic N) is 1. The van der Waals surface area contributed by atoms with Crippen molar-refractivity contribution in [2.24, 2.45) is 0 Å². The smallest absolute Gasteiger partial charge is 0.261 e. The first kappa shape index (κ1) is 26.6. The van der Waals surface area contributed by atoms with Crippen LogP contribution >= 0.6 is 23.2 Å². The lowest BCUT2D eigenvalue weighted by Crippen LogP contribution is -2.51. The lowest BCUT2D eigenvalue weighted by atomic mass is 10.0. The molecule has 0 fully saturated rings. The molecule has 0 spiro atoms. The first-order valence-corrected chi connectivity index (χ1v) is 12.5. The number of carbonyl (C=O) groups excluding carboxylic acids is 2. The summed E-state index contributed by atoms with van der Waals surface area (Å²) < 4.78 is 5.74. The Morgan fingerprint density at radius 2 is 1.60 bits per heavy atom. The lowest BCUT2D eigenvalue weighted by Gasteiger charge is -2.31. The van der Waals surface area contributed by atoms with Crippen LogP contribution in [0.25, 0.3) is 0 Å². The molecule has 184 valence electrons. The van der Waals surface area contributed by atoms with E-state index in [2.05, 4.69) is 12.2 Å². The number of para-hydroxylation sites is 1. The van der Waals surface area contributed by atoms with Gasteiger partial charge in [0.05, 0.1) is 10.0 Å². The molecule has 0 aliphatic heterocycles. The lowest BCUT2D eigenvalue weighted by molar-refractivity contribution is -0.142. The average molecular weight is 513 g/mol. The summed E-state index contributed by atoms with van der Waals surface area (Å²) in [5.41, 5.74) is 1.73. The van der Waals surface area contributed by atoms with Gasteiger partial charge in [0.1, 0.15) is 11.8 Å². The molecular weight excluding hydrogens is 483 g/mol. The molecule has 3 rings (SSSR count). The van der Waals surface area contributed by atoms with E-state index in [1.54, 1.807) is 35.2 Å². The van der Waals surface area contributed by atoms with E-state index in [4.69, 9.17) is 27.9 Å². The molecule has 0 saturated heterocycles. The highest BCUT2D eigenvalue weighted by molar-refractivity contribution is 6.42. The predicted octanol–water partition coefficient (Wildman–Crippen LogP) is 5.93.